The van der Waals surface area contributed by atoms with Crippen LogP contribution in [-0.2, 0) is 6.61 Å². The zero-order valence-electron chi connectivity index (χ0n) is 18.9. The molecule has 0 aliphatic rings. The molecular formula is C24H19N5O6S. The second kappa shape index (κ2) is 11.6. The third-order valence-electron chi connectivity index (χ3n) is 4.65. The van der Waals surface area contributed by atoms with Crippen molar-refractivity contribution < 1.29 is 23.6 Å². The molecule has 12 heteroatoms. The Bertz CT molecular complexity index is 1360. The molecule has 0 aliphatic carbocycles. The smallest absolute Gasteiger partial charge is 0.283 e. The minimum absolute atomic E-state index is 0.0118. The highest BCUT2D eigenvalue weighted by atomic mass is 32.2. The number of hydrazone groups is 1. The minimum atomic E-state index is -0.504. The fourth-order valence-electron chi connectivity index (χ4n) is 2.84. The average Bonchev–Trinajstić information content (AvgIpc) is 3.37. The molecule has 0 saturated heterocycles. The van der Waals surface area contributed by atoms with E-state index in [1.807, 2.05) is 18.2 Å². The van der Waals surface area contributed by atoms with Crippen molar-refractivity contribution in [2.75, 3.05) is 12.5 Å². The summed E-state index contributed by atoms with van der Waals surface area (Å²) >= 11 is 0.874. The van der Waals surface area contributed by atoms with Crippen molar-refractivity contribution in [3.8, 4) is 11.5 Å². The summed E-state index contributed by atoms with van der Waals surface area (Å²) in [6, 6.07) is 21.3. The zero-order valence-corrected chi connectivity index (χ0v) is 19.7. The Morgan fingerprint density at radius 3 is 2.42 bits per heavy atom. The molecule has 4 aromatic rings. The van der Waals surface area contributed by atoms with Gasteiger partial charge in [-0.05, 0) is 60.3 Å². The van der Waals surface area contributed by atoms with Gasteiger partial charge in [0.05, 0.1) is 17.7 Å². The van der Waals surface area contributed by atoms with Crippen LogP contribution in [0.25, 0.3) is 0 Å². The fraction of sp³-hybridized carbons (Fsp3) is 0.0833. The number of benzene rings is 3. The number of non-ortho nitro benzene ring substituents is 1. The van der Waals surface area contributed by atoms with Crippen LogP contribution >= 0.6 is 11.8 Å². The molecule has 1 heterocycles. The van der Waals surface area contributed by atoms with Crippen LogP contribution in [0.15, 0.2) is 93.6 Å². The Labute approximate surface area is 209 Å². The monoisotopic (exact) mass is 505 g/mol. The molecule has 0 unspecified atom stereocenters. The third-order valence-corrected chi connectivity index (χ3v) is 5.46. The molecular weight excluding hydrogens is 486 g/mol. The number of para-hydroxylation sites is 1. The maximum atomic E-state index is 13.2. The van der Waals surface area contributed by atoms with E-state index in [1.54, 1.807) is 36.4 Å². The number of rotatable bonds is 10. The predicted molar refractivity (Wildman–Crippen MR) is 132 cm³/mol. The highest BCUT2D eigenvalue weighted by molar-refractivity contribution is 8.15. The minimum Gasteiger partial charge on any atom is -0.497 e. The molecule has 3 aromatic carbocycles. The number of methoxy groups -OCH3 is 1. The maximum absolute atomic E-state index is 13.2. The van der Waals surface area contributed by atoms with Crippen molar-refractivity contribution in [3.63, 3.8) is 0 Å². The molecule has 0 aliphatic heterocycles. The van der Waals surface area contributed by atoms with E-state index in [4.69, 9.17) is 13.9 Å². The van der Waals surface area contributed by atoms with Crippen molar-refractivity contribution in [2.24, 2.45) is 5.10 Å². The summed E-state index contributed by atoms with van der Waals surface area (Å²) < 4.78 is 16.4. The number of thioether (sulfide) groups is 1. The van der Waals surface area contributed by atoms with Crippen LogP contribution in [0.5, 0.6) is 11.5 Å². The van der Waals surface area contributed by atoms with Gasteiger partial charge in [-0.3, -0.25) is 20.3 Å². The Hall–Kier alpha value is -4.71. The summed E-state index contributed by atoms with van der Waals surface area (Å²) in [6.07, 6.45) is 0. The summed E-state index contributed by atoms with van der Waals surface area (Å²) in [5.74, 6) is 1.06. The van der Waals surface area contributed by atoms with E-state index >= 15 is 0 Å². The lowest BCUT2D eigenvalue weighted by Crippen LogP contribution is -2.13. The standard InChI is InChI=1S/C24H19N5O6S/c1-33-19-13-7-16(8-14-19)22(30)23(27-25-17-9-11-18(12-10-17)29(31)32)36-24-28-26-21(35-24)15-34-20-5-3-2-4-6-20/h2-14,25H,15H2,1H3/b27-23+. The summed E-state index contributed by atoms with van der Waals surface area (Å²) in [5.41, 5.74) is 3.49. The number of ether oxygens (including phenoxy) is 2. The molecule has 0 bridgehead atoms. The number of nitro benzene ring substituents is 1. The number of carbonyl (C=O) groups excluding carboxylic acids is 1. The van der Waals surface area contributed by atoms with Gasteiger partial charge in [-0.25, -0.2) is 0 Å². The third kappa shape index (κ3) is 6.45. The van der Waals surface area contributed by atoms with Crippen LogP contribution in [0.4, 0.5) is 11.4 Å². The van der Waals surface area contributed by atoms with E-state index in [-0.39, 0.29) is 28.5 Å². The predicted octanol–water partition coefficient (Wildman–Crippen LogP) is 4.97. The SMILES string of the molecule is COc1ccc(C(=O)/C(=N\Nc2ccc([N+](=O)[O-])cc2)Sc2nnc(COc3ccccc3)o2)cc1. The topological polar surface area (TPSA) is 142 Å². The van der Waals surface area contributed by atoms with Crippen molar-refractivity contribution in [1.82, 2.24) is 10.2 Å². The molecule has 0 fully saturated rings. The van der Waals surface area contributed by atoms with Crippen LogP contribution in [0.2, 0.25) is 0 Å². The van der Waals surface area contributed by atoms with Gasteiger partial charge in [0, 0.05) is 17.7 Å². The molecule has 182 valence electrons. The molecule has 0 saturated carbocycles. The van der Waals surface area contributed by atoms with Crippen LogP contribution < -0.4 is 14.9 Å². The molecule has 1 N–H and O–H groups in total. The van der Waals surface area contributed by atoms with Gasteiger partial charge in [0.2, 0.25) is 5.78 Å². The van der Waals surface area contributed by atoms with Gasteiger partial charge in [0.1, 0.15) is 11.5 Å². The van der Waals surface area contributed by atoms with E-state index in [0.29, 0.717) is 22.7 Å². The molecule has 0 amide bonds. The lowest BCUT2D eigenvalue weighted by atomic mass is 10.1. The summed E-state index contributed by atoms with van der Waals surface area (Å²) in [5, 5.41) is 23.1. The summed E-state index contributed by atoms with van der Waals surface area (Å²) in [4.78, 5) is 23.6. The number of anilines is 1. The first-order valence-corrected chi connectivity index (χ1v) is 11.3. The number of nitro groups is 1. The summed E-state index contributed by atoms with van der Waals surface area (Å²) in [7, 11) is 1.53. The quantitative estimate of drug-likeness (QED) is 0.0784. The number of Topliss-reactive ketones (excluding diaryl/α,β-unsaturated/α-hetero) is 1. The number of nitrogens with one attached hydrogen (secondary N) is 1. The molecule has 4 rings (SSSR count). The van der Waals surface area contributed by atoms with Crippen LogP contribution in [0, 0.1) is 10.1 Å². The van der Waals surface area contributed by atoms with Gasteiger partial charge in [0.15, 0.2) is 11.7 Å². The van der Waals surface area contributed by atoms with E-state index in [1.165, 1.54) is 31.4 Å². The molecule has 0 atom stereocenters. The molecule has 11 nitrogen and oxygen atoms in total. The first-order chi connectivity index (χ1) is 17.5. The molecule has 1 aromatic heterocycles. The first-order valence-electron chi connectivity index (χ1n) is 10.5. The lowest BCUT2D eigenvalue weighted by molar-refractivity contribution is -0.384. The number of carbonyl (C=O) groups is 1. The van der Waals surface area contributed by atoms with Crippen molar-refractivity contribution >= 4 is 34.0 Å². The molecule has 0 spiro atoms. The van der Waals surface area contributed by atoms with Gasteiger partial charge in [-0.2, -0.15) is 5.10 Å². The molecule has 36 heavy (non-hydrogen) atoms. The second-order valence-corrected chi connectivity index (χ2v) is 8.00. The zero-order chi connectivity index (χ0) is 25.3. The Morgan fingerprint density at radius 2 is 1.75 bits per heavy atom. The Balaban J connectivity index is 1.52. The largest absolute Gasteiger partial charge is 0.497 e. The number of hydrogen-bond acceptors (Lipinski definition) is 11. The number of aromatic nitrogens is 2. The van der Waals surface area contributed by atoms with Crippen molar-refractivity contribution in [3.05, 3.63) is 100 Å². The van der Waals surface area contributed by atoms with Gasteiger partial charge in [-0.1, -0.05) is 18.2 Å². The van der Waals surface area contributed by atoms with Crippen LogP contribution in [0.3, 0.4) is 0 Å². The maximum Gasteiger partial charge on any atom is 0.283 e. The fourth-order valence-corrected chi connectivity index (χ4v) is 3.53. The van der Waals surface area contributed by atoms with Gasteiger partial charge in [0.25, 0.3) is 16.8 Å². The van der Waals surface area contributed by atoms with E-state index < -0.39 is 10.7 Å². The van der Waals surface area contributed by atoms with Crippen LogP contribution in [-0.4, -0.2) is 33.1 Å². The normalized spacial score (nSPS) is 11.1. The van der Waals surface area contributed by atoms with E-state index in [2.05, 4.69) is 20.7 Å². The van der Waals surface area contributed by atoms with Gasteiger partial charge < -0.3 is 13.9 Å². The number of hydrogen-bond donors (Lipinski definition) is 1. The number of nitrogens with zero attached hydrogens (tertiary/aromatic N) is 4. The lowest BCUT2D eigenvalue weighted by Gasteiger charge is -2.06. The average molecular weight is 506 g/mol. The van der Waals surface area contributed by atoms with Gasteiger partial charge in [-0.15, -0.1) is 10.2 Å². The van der Waals surface area contributed by atoms with Crippen LogP contribution in [0.1, 0.15) is 16.2 Å². The molecule has 0 radical (unpaired) electrons. The Morgan fingerprint density at radius 1 is 1.03 bits per heavy atom. The summed E-state index contributed by atoms with van der Waals surface area (Å²) in [6.45, 7) is 0.0531. The highest BCUT2D eigenvalue weighted by Gasteiger charge is 2.20. The Kier molecular flexibility index (Phi) is 7.88. The van der Waals surface area contributed by atoms with E-state index in [0.717, 1.165) is 11.8 Å². The first kappa shape index (κ1) is 24.4. The van der Waals surface area contributed by atoms with Crippen molar-refractivity contribution in [1.29, 1.82) is 0 Å². The van der Waals surface area contributed by atoms with Gasteiger partial charge >= 0.3 is 0 Å². The van der Waals surface area contributed by atoms with Crippen molar-refractivity contribution in [2.45, 2.75) is 11.8 Å². The number of ketones is 1. The van der Waals surface area contributed by atoms with E-state index in [9.17, 15) is 14.9 Å². The second-order valence-electron chi connectivity index (χ2n) is 7.06. The highest BCUT2D eigenvalue weighted by Crippen LogP contribution is 2.23.